The Morgan fingerprint density at radius 3 is 2.57 bits per heavy atom. The molecular weight excluding hydrogens is 196 g/mol. The van der Waals surface area contributed by atoms with Crippen molar-refractivity contribution in [3.8, 4) is 0 Å². The van der Waals surface area contributed by atoms with Gasteiger partial charge >= 0.3 is 0 Å². The molecule has 3 nitrogen and oxygen atoms in total. The average Bonchev–Trinajstić information content (AvgIpc) is 2.65. The van der Waals surface area contributed by atoms with Crippen molar-refractivity contribution in [1.29, 1.82) is 0 Å². The Labute approximate surface area is 89.4 Å². The van der Waals surface area contributed by atoms with Crippen LogP contribution in [0.15, 0.2) is 0 Å². The van der Waals surface area contributed by atoms with Crippen LogP contribution >= 0.6 is 11.8 Å². The Bertz CT molecular complexity index is 209. The Morgan fingerprint density at radius 1 is 1.29 bits per heavy atom. The van der Waals surface area contributed by atoms with Crippen molar-refractivity contribution >= 4 is 17.7 Å². The van der Waals surface area contributed by atoms with Gasteiger partial charge in [0.25, 0.3) is 0 Å². The van der Waals surface area contributed by atoms with Crippen LogP contribution in [0.4, 0.5) is 0 Å². The van der Waals surface area contributed by atoms with Crippen molar-refractivity contribution in [2.45, 2.75) is 25.3 Å². The highest BCUT2D eigenvalue weighted by Gasteiger charge is 2.30. The zero-order valence-electron chi connectivity index (χ0n) is 8.45. The zero-order valence-corrected chi connectivity index (χ0v) is 9.26. The Morgan fingerprint density at radius 2 is 2.00 bits per heavy atom. The fraction of sp³-hybridized carbons (Fsp3) is 0.900. The Kier molecular flexibility index (Phi) is 3.34. The maximum absolute atomic E-state index is 12.0. The number of hydrogen-bond acceptors (Lipinski definition) is 3. The summed E-state index contributed by atoms with van der Waals surface area (Å²) in [4.78, 5) is 14.0. The van der Waals surface area contributed by atoms with E-state index in [1.54, 1.807) is 0 Å². The van der Waals surface area contributed by atoms with Crippen molar-refractivity contribution in [2.24, 2.45) is 11.7 Å². The molecule has 0 radical (unpaired) electrons. The van der Waals surface area contributed by atoms with Crippen LogP contribution in [0.3, 0.4) is 0 Å². The summed E-state index contributed by atoms with van der Waals surface area (Å²) in [6.45, 7) is 1.66. The molecule has 1 atom stereocenters. The van der Waals surface area contributed by atoms with Crippen molar-refractivity contribution in [3.63, 3.8) is 0 Å². The maximum atomic E-state index is 12.0. The van der Waals surface area contributed by atoms with Gasteiger partial charge in [0, 0.05) is 25.0 Å². The third-order valence-electron chi connectivity index (χ3n) is 3.11. The van der Waals surface area contributed by atoms with Crippen LogP contribution in [-0.2, 0) is 4.79 Å². The highest BCUT2D eigenvalue weighted by atomic mass is 32.2. The minimum Gasteiger partial charge on any atom is -0.341 e. The first-order chi connectivity index (χ1) is 6.77. The molecule has 0 saturated carbocycles. The highest BCUT2D eigenvalue weighted by molar-refractivity contribution is 7.99. The SMILES string of the molecule is N[C@@H]1CCN(C(=O)C2CCSCC2)C1. The van der Waals surface area contributed by atoms with Gasteiger partial charge in [-0.15, -0.1) is 0 Å². The second-order valence-corrected chi connectivity index (χ2v) is 5.44. The molecule has 0 unspecified atom stereocenters. The lowest BCUT2D eigenvalue weighted by atomic mass is 10.0. The van der Waals surface area contributed by atoms with E-state index >= 15 is 0 Å². The van der Waals surface area contributed by atoms with E-state index in [-0.39, 0.29) is 6.04 Å². The van der Waals surface area contributed by atoms with Crippen LogP contribution in [0, 0.1) is 5.92 Å². The first kappa shape index (κ1) is 10.3. The minimum absolute atomic E-state index is 0.219. The number of hydrogen-bond donors (Lipinski definition) is 1. The van der Waals surface area contributed by atoms with E-state index in [9.17, 15) is 4.79 Å². The third kappa shape index (κ3) is 2.23. The van der Waals surface area contributed by atoms with Crippen molar-refractivity contribution in [1.82, 2.24) is 4.90 Å². The summed E-state index contributed by atoms with van der Waals surface area (Å²) >= 11 is 1.96. The number of thioether (sulfide) groups is 1. The van der Waals surface area contributed by atoms with Gasteiger partial charge in [-0.25, -0.2) is 0 Å². The number of nitrogens with two attached hydrogens (primary N) is 1. The number of carbonyl (C=O) groups excluding carboxylic acids is 1. The largest absolute Gasteiger partial charge is 0.341 e. The molecule has 0 aromatic heterocycles. The first-order valence-corrected chi connectivity index (χ1v) is 6.55. The quantitative estimate of drug-likeness (QED) is 0.698. The van der Waals surface area contributed by atoms with Crippen LogP contribution in [0.1, 0.15) is 19.3 Å². The molecule has 2 aliphatic heterocycles. The van der Waals surface area contributed by atoms with E-state index in [0.717, 1.165) is 43.9 Å². The summed E-state index contributed by atoms with van der Waals surface area (Å²) in [7, 11) is 0. The van der Waals surface area contributed by atoms with Crippen molar-refractivity contribution < 1.29 is 4.79 Å². The zero-order chi connectivity index (χ0) is 9.97. The van der Waals surface area contributed by atoms with Gasteiger partial charge in [0.1, 0.15) is 0 Å². The summed E-state index contributed by atoms with van der Waals surface area (Å²) in [6, 6.07) is 0.219. The van der Waals surface area contributed by atoms with Gasteiger partial charge in [0.05, 0.1) is 0 Å². The lowest BCUT2D eigenvalue weighted by molar-refractivity contribution is -0.134. The summed E-state index contributed by atoms with van der Waals surface area (Å²) < 4.78 is 0. The maximum Gasteiger partial charge on any atom is 0.225 e. The second kappa shape index (κ2) is 4.53. The van der Waals surface area contributed by atoms with Gasteiger partial charge < -0.3 is 10.6 Å². The number of carbonyl (C=O) groups is 1. The number of likely N-dealkylation sites (tertiary alicyclic amines) is 1. The van der Waals surface area contributed by atoms with Gasteiger partial charge in [-0.2, -0.15) is 11.8 Å². The predicted molar refractivity (Wildman–Crippen MR) is 59.2 cm³/mol. The Hall–Kier alpha value is -0.220. The fourth-order valence-electron chi connectivity index (χ4n) is 2.19. The van der Waals surface area contributed by atoms with Crippen LogP contribution < -0.4 is 5.73 Å². The summed E-state index contributed by atoms with van der Waals surface area (Å²) in [5.74, 6) is 2.95. The normalized spacial score (nSPS) is 29.5. The van der Waals surface area contributed by atoms with Gasteiger partial charge in [0.2, 0.25) is 5.91 Å². The number of rotatable bonds is 1. The van der Waals surface area contributed by atoms with Gasteiger partial charge in [-0.05, 0) is 30.8 Å². The second-order valence-electron chi connectivity index (χ2n) is 4.22. The Balaban J connectivity index is 1.87. The van der Waals surface area contributed by atoms with E-state index in [0.29, 0.717) is 11.8 Å². The topological polar surface area (TPSA) is 46.3 Å². The van der Waals surface area contributed by atoms with Crippen LogP contribution in [0.25, 0.3) is 0 Å². The number of amides is 1. The minimum atomic E-state index is 0.219. The highest BCUT2D eigenvalue weighted by Crippen LogP contribution is 2.25. The first-order valence-electron chi connectivity index (χ1n) is 5.39. The molecule has 1 amide bonds. The van der Waals surface area contributed by atoms with E-state index in [4.69, 9.17) is 5.73 Å². The molecule has 80 valence electrons. The van der Waals surface area contributed by atoms with E-state index in [1.807, 2.05) is 16.7 Å². The van der Waals surface area contributed by atoms with Gasteiger partial charge in [0.15, 0.2) is 0 Å². The molecule has 2 N–H and O–H groups in total. The van der Waals surface area contributed by atoms with Crippen LogP contribution in [-0.4, -0.2) is 41.4 Å². The molecule has 2 rings (SSSR count). The summed E-state index contributed by atoms with van der Waals surface area (Å²) in [5.41, 5.74) is 5.79. The van der Waals surface area contributed by atoms with Crippen LogP contribution in [0.2, 0.25) is 0 Å². The molecular formula is C10H18N2OS. The lowest BCUT2D eigenvalue weighted by Crippen LogP contribution is -2.37. The standard InChI is InChI=1S/C10H18N2OS/c11-9-1-4-12(7-9)10(13)8-2-5-14-6-3-8/h8-9H,1-7,11H2/t9-/m1/s1. The van der Waals surface area contributed by atoms with Crippen molar-refractivity contribution in [2.75, 3.05) is 24.6 Å². The third-order valence-corrected chi connectivity index (χ3v) is 4.16. The molecule has 4 heteroatoms. The molecule has 2 saturated heterocycles. The molecule has 0 aromatic carbocycles. The monoisotopic (exact) mass is 214 g/mol. The number of nitrogens with zero attached hydrogens (tertiary/aromatic N) is 1. The van der Waals surface area contributed by atoms with Gasteiger partial charge in [-0.3, -0.25) is 4.79 Å². The molecule has 2 fully saturated rings. The molecule has 0 aliphatic carbocycles. The predicted octanol–water partition coefficient (Wildman–Crippen LogP) is 0.689. The van der Waals surface area contributed by atoms with Crippen LogP contribution in [0.5, 0.6) is 0 Å². The lowest BCUT2D eigenvalue weighted by Gasteiger charge is -2.25. The van der Waals surface area contributed by atoms with E-state index in [1.165, 1.54) is 0 Å². The molecule has 0 spiro atoms. The summed E-state index contributed by atoms with van der Waals surface area (Å²) in [6.07, 6.45) is 3.11. The summed E-state index contributed by atoms with van der Waals surface area (Å²) in [5, 5.41) is 0. The van der Waals surface area contributed by atoms with Crippen molar-refractivity contribution in [3.05, 3.63) is 0 Å². The average molecular weight is 214 g/mol. The fourth-order valence-corrected chi connectivity index (χ4v) is 3.30. The van der Waals surface area contributed by atoms with Gasteiger partial charge in [-0.1, -0.05) is 0 Å². The molecule has 0 aromatic rings. The molecule has 2 aliphatic rings. The molecule has 0 bridgehead atoms. The molecule has 14 heavy (non-hydrogen) atoms. The smallest absolute Gasteiger partial charge is 0.225 e. The molecule has 2 heterocycles. The van der Waals surface area contributed by atoms with E-state index < -0.39 is 0 Å². The van der Waals surface area contributed by atoms with E-state index in [2.05, 4.69) is 0 Å².